The van der Waals surface area contributed by atoms with Gasteiger partial charge in [-0.25, -0.2) is 14.4 Å². The van der Waals surface area contributed by atoms with Gasteiger partial charge in [-0.3, -0.25) is 9.48 Å². The Morgan fingerprint density at radius 2 is 1.82 bits per heavy atom. The molecule has 204 valence electrons. The van der Waals surface area contributed by atoms with Crippen LogP contribution in [0.2, 0.25) is 0 Å². The molecule has 1 amide bonds. The third-order valence-electron chi connectivity index (χ3n) is 7.60. The van der Waals surface area contributed by atoms with Gasteiger partial charge in [-0.05, 0) is 38.0 Å². The lowest BCUT2D eigenvalue weighted by Gasteiger charge is -2.32. The molecular formula is C27H26F4N6O2. The van der Waals surface area contributed by atoms with Gasteiger partial charge in [0.2, 0.25) is 5.91 Å². The lowest BCUT2D eigenvalue weighted by atomic mass is 9.98. The van der Waals surface area contributed by atoms with Gasteiger partial charge in [0.1, 0.15) is 17.7 Å². The number of imidazole rings is 1. The van der Waals surface area contributed by atoms with Crippen molar-refractivity contribution in [2.24, 2.45) is 7.05 Å². The smallest absolute Gasteiger partial charge is 0.381 e. The van der Waals surface area contributed by atoms with Gasteiger partial charge in [0, 0.05) is 55.9 Å². The predicted molar refractivity (Wildman–Crippen MR) is 134 cm³/mol. The highest BCUT2D eigenvalue weighted by atomic mass is 19.4. The number of amides is 1. The van der Waals surface area contributed by atoms with Gasteiger partial charge in [0.25, 0.3) is 0 Å². The van der Waals surface area contributed by atoms with Gasteiger partial charge >= 0.3 is 6.18 Å². The summed E-state index contributed by atoms with van der Waals surface area (Å²) in [6.07, 6.45) is -0.627. The maximum Gasteiger partial charge on any atom is 0.418 e. The number of ether oxygens (including phenoxy) is 1. The number of halogens is 4. The largest absolute Gasteiger partial charge is 0.418 e. The molecule has 0 N–H and O–H groups in total. The Hall–Kier alpha value is -3.80. The topological polar surface area (TPSA) is 78.1 Å². The van der Waals surface area contributed by atoms with Crippen LogP contribution < -0.4 is 0 Å². The molecule has 3 aromatic heterocycles. The minimum atomic E-state index is -4.75. The molecule has 1 aromatic carbocycles. The standard InChI is InChI=1S/C27H26F4N6O2/c1-14-26(38)35(2)13-21-24(34-25(37(14)21)15-6-8-39-9-7-15)22-17-10-18(27(29,30)31)23(16-11-32-36(3)12-16)33-20(17)5-4-19(22)28/h4-5,10-12,14-15H,6-9,13H2,1-3H3/t14-/m0/s1. The van der Waals surface area contributed by atoms with E-state index in [0.717, 1.165) is 6.07 Å². The van der Waals surface area contributed by atoms with Gasteiger partial charge in [0.15, 0.2) is 0 Å². The summed E-state index contributed by atoms with van der Waals surface area (Å²) < 4.78 is 67.4. The second kappa shape index (κ2) is 9.15. The zero-order valence-corrected chi connectivity index (χ0v) is 21.6. The maximum absolute atomic E-state index is 15.7. The van der Waals surface area contributed by atoms with E-state index in [-0.39, 0.29) is 51.8 Å². The number of pyridine rings is 1. The summed E-state index contributed by atoms with van der Waals surface area (Å²) in [4.78, 5) is 23.6. The molecule has 5 heterocycles. The lowest BCUT2D eigenvalue weighted by Crippen LogP contribution is -2.40. The number of carbonyl (C=O) groups excluding carboxylic acids is 1. The van der Waals surface area contributed by atoms with E-state index in [1.807, 2.05) is 4.57 Å². The van der Waals surface area contributed by atoms with E-state index < -0.39 is 23.6 Å². The Labute approximate surface area is 221 Å². The molecule has 2 aliphatic rings. The molecule has 0 unspecified atom stereocenters. The van der Waals surface area contributed by atoms with Gasteiger partial charge in [-0.2, -0.15) is 18.3 Å². The van der Waals surface area contributed by atoms with Crippen molar-refractivity contribution in [1.29, 1.82) is 0 Å². The summed E-state index contributed by atoms with van der Waals surface area (Å²) in [6.45, 7) is 2.97. The zero-order valence-electron chi connectivity index (χ0n) is 21.6. The summed E-state index contributed by atoms with van der Waals surface area (Å²) in [5.74, 6) is -0.216. The number of alkyl halides is 3. The molecule has 0 spiro atoms. The molecule has 8 nitrogen and oxygen atoms in total. The van der Waals surface area contributed by atoms with Crippen LogP contribution in [0.3, 0.4) is 0 Å². The number of nitrogens with zero attached hydrogens (tertiary/aromatic N) is 6. The van der Waals surface area contributed by atoms with E-state index in [1.165, 1.54) is 34.1 Å². The Balaban J connectivity index is 1.63. The molecule has 1 saturated heterocycles. The monoisotopic (exact) mass is 542 g/mol. The minimum absolute atomic E-state index is 0.00148. The fourth-order valence-electron chi connectivity index (χ4n) is 5.68. The molecule has 0 aliphatic carbocycles. The van der Waals surface area contributed by atoms with E-state index in [2.05, 4.69) is 10.1 Å². The van der Waals surface area contributed by atoms with Crippen molar-refractivity contribution in [3.05, 3.63) is 53.5 Å². The first-order chi connectivity index (χ1) is 18.5. The van der Waals surface area contributed by atoms with Crippen molar-refractivity contribution in [3.8, 4) is 22.5 Å². The van der Waals surface area contributed by atoms with Crippen molar-refractivity contribution < 1.29 is 27.1 Å². The van der Waals surface area contributed by atoms with Crippen LogP contribution >= 0.6 is 0 Å². The number of hydrogen-bond acceptors (Lipinski definition) is 5. The van der Waals surface area contributed by atoms with Gasteiger partial charge in [0.05, 0.1) is 40.9 Å². The van der Waals surface area contributed by atoms with Crippen LogP contribution in [0.5, 0.6) is 0 Å². The molecule has 0 radical (unpaired) electrons. The molecular weight excluding hydrogens is 516 g/mol. The second-order valence-corrected chi connectivity index (χ2v) is 10.2. The van der Waals surface area contributed by atoms with Crippen LogP contribution in [-0.2, 0) is 29.3 Å². The zero-order chi connectivity index (χ0) is 27.6. The number of carbonyl (C=O) groups is 1. The van der Waals surface area contributed by atoms with Crippen LogP contribution in [0.1, 0.15) is 48.8 Å². The molecule has 0 bridgehead atoms. The Morgan fingerprint density at radius 1 is 1.08 bits per heavy atom. The quantitative estimate of drug-likeness (QED) is 0.338. The summed E-state index contributed by atoms with van der Waals surface area (Å²) in [7, 11) is 3.25. The van der Waals surface area contributed by atoms with Crippen molar-refractivity contribution in [3.63, 3.8) is 0 Å². The predicted octanol–water partition coefficient (Wildman–Crippen LogP) is 5.08. The van der Waals surface area contributed by atoms with Crippen molar-refractivity contribution in [2.75, 3.05) is 20.3 Å². The number of benzene rings is 1. The normalized spacial score (nSPS) is 18.7. The average Bonchev–Trinajstić information content (AvgIpc) is 3.50. The first-order valence-corrected chi connectivity index (χ1v) is 12.7. The first kappa shape index (κ1) is 25.5. The second-order valence-electron chi connectivity index (χ2n) is 10.2. The van der Waals surface area contributed by atoms with Gasteiger partial charge in [-0.1, -0.05) is 0 Å². The third-order valence-corrected chi connectivity index (χ3v) is 7.60. The Kier molecular flexibility index (Phi) is 5.97. The molecule has 2 aliphatic heterocycles. The summed E-state index contributed by atoms with van der Waals surface area (Å²) in [5.41, 5.74) is -0.117. The summed E-state index contributed by atoms with van der Waals surface area (Å²) >= 11 is 0. The highest BCUT2D eigenvalue weighted by Gasteiger charge is 2.39. The number of likely N-dealkylation sites (N-methyl/N-ethyl adjacent to an activating group) is 1. The van der Waals surface area contributed by atoms with E-state index >= 15 is 4.39 Å². The molecule has 4 aromatic rings. The highest BCUT2D eigenvalue weighted by molar-refractivity contribution is 5.97. The minimum Gasteiger partial charge on any atom is -0.381 e. The molecule has 1 fully saturated rings. The molecule has 12 heteroatoms. The first-order valence-electron chi connectivity index (χ1n) is 12.7. The fraction of sp³-hybridized carbons (Fsp3) is 0.407. The number of rotatable bonds is 3. The SMILES string of the molecule is C[C@H]1C(=O)N(C)Cc2c(-c3c(F)ccc4nc(-c5cnn(C)c5)c(C(F)(F)F)cc34)nc(C3CCOCC3)n21. The van der Waals surface area contributed by atoms with Crippen LogP contribution in [0.15, 0.2) is 30.6 Å². The maximum atomic E-state index is 15.7. The van der Waals surface area contributed by atoms with Gasteiger partial charge in [-0.15, -0.1) is 0 Å². The van der Waals surface area contributed by atoms with Crippen molar-refractivity contribution in [2.45, 2.75) is 44.4 Å². The van der Waals surface area contributed by atoms with Crippen LogP contribution in [0.25, 0.3) is 33.4 Å². The van der Waals surface area contributed by atoms with Crippen molar-refractivity contribution in [1.82, 2.24) is 29.2 Å². The van der Waals surface area contributed by atoms with E-state index in [1.54, 1.807) is 21.0 Å². The van der Waals surface area contributed by atoms with Crippen LogP contribution in [0.4, 0.5) is 17.6 Å². The van der Waals surface area contributed by atoms with E-state index in [4.69, 9.17) is 9.72 Å². The van der Waals surface area contributed by atoms with Crippen molar-refractivity contribution >= 4 is 16.8 Å². The summed E-state index contributed by atoms with van der Waals surface area (Å²) in [5, 5.41) is 3.99. The third kappa shape index (κ3) is 4.17. The number of aryl methyl sites for hydroxylation is 1. The molecule has 39 heavy (non-hydrogen) atoms. The molecule has 1 atom stereocenters. The number of hydrogen-bond donors (Lipinski definition) is 0. The van der Waals surface area contributed by atoms with E-state index in [0.29, 0.717) is 37.6 Å². The number of aromatic nitrogens is 5. The Morgan fingerprint density at radius 3 is 2.49 bits per heavy atom. The highest BCUT2D eigenvalue weighted by Crippen LogP contribution is 2.43. The molecule has 6 rings (SSSR count). The molecule has 0 saturated carbocycles. The van der Waals surface area contributed by atoms with Crippen LogP contribution in [-0.4, -0.2) is 55.4 Å². The average molecular weight is 543 g/mol. The van der Waals surface area contributed by atoms with E-state index in [9.17, 15) is 18.0 Å². The lowest BCUT2D eigenvalue weighted by molar-refractivity contribution is -0.137. The Bertz CT molecular complexity index is 1600. The van der Waals surface area contributed by atoms with Gasteiger partial charge < -0.3 is 14.2 Å². The summed E-state index contributed by atoms with van der Waals surface area (Å²) in [6, 6.07) is 2.93. The fourth-order valence-corrected chi connectivity index (χ4v) is 5.68. The number of fused-ring (bicyclic) bond motifs is 2. The van der Waals surface area contributed by atoms with Crippen LogP contribution in [0, 0.1) is 5.82 Å².